The fraction of sp³-hybridized carbons (Fsp3) is 0.692. The van der Waals surface area contributed by atoms with Crippen LogP contribution < -0.4 is 0 Å². The Labute approximate surface area is 107 Å². The Kier molecular flexibility index (Phi) is 5.85. The van der Waals surface area contributed by atoms with Gasteiger partial charge in [-0.15, -0.1) is 0 Å². The first-order chi connectivity index (χ1) is 8.52. The fourth-order valence-corrected chi connectivity index (χ4v) is 2.18. The maximum Gasteiger partial charge on any atom is 0.330 e. The highest BCUT2D eigenvalue weighted by Gasteiger charge is 2.30. The number of aliphatic carboxylic acids is 1. The Morgan fingerprint density at radius 2 is 2.17 bits per heavy atom. The van der Waals surface area contributed by atoms with E-state index < -0.39 is 11.9 Å². The Balaban J connectivity index is 2.52. The smallest absolute Gasteiger partial charge is 0.330 e. The lowest BCUT2D eigenvalue weighted by molar-refractivity contribution is -0.146. The van der Waals surface area contributed by atoms with Gasteiger partial charge in [0.05, 0.1) is 25.7 Å². The minimum absolute atomic E-state index is 0.0150. The van der Waals surface area contributed by atoms with E-state index in [4.69, 9.17) is 9.84 Å². The molecular formula is C13H20O5. The normalized spacial score (nSPS) is 28.2. The number of carboxylic acid groups (broad SMARTS) is 1. The second-order valence-electron chi connectivity index (χ2n) is 4.58. The SMILES string of the molecule is COC(=O)/C=C/C[C@H]1CC[C@H](C)O[C@@H]1CC(=O)O. The zero-order valence-electron chi connectivity index (χ0n) is 10.8. The molecule has 0 amide bonds. The Morgan fingerprint density at radius 3 is 2.78 bits per heavy atom. The number of ether oxygens (including phenoxy) is 2. The average Bonchev–Trinajstić information content (AvgIpc) is 2.31. The second kappa shape index (κ2) is 7.16. The zero-order chi connectivity index (χ0) is 13.5. The van der Waals surface area contributed by atoms with E-state index in [-0.39, 0.29) is 24.5 Å². The molecule has 18 heavy (non-hydrogen) atoms. The zero-order valence-corrected chi connectivity index (χ0v) is 10.8. The second-order valence-corrected chi connectivity index (χ2v) is 4.58. The number of hydrogen-bond donors (Lipinski definition) is 1. The molecule has 5 heteroatoms. The van der Waals surface area contributed by atoms with Crippen molar-refractivity contribution in [2.75, 3.05) is 7.11 Å². The third kappa shape index (κ3) is 4.87. The molecule has 1 fully saturated rings. The van der Waals surface area contributed by atoms with Crippen LogP contribution in [0.3, 0.4) is 0 Å². The largest absolute Gasteiger partial charge is 0.481 e. The molecule has 1 aliphatic heterocycles. The third-order valence-corrected chi connectivity index (χ3v) is 3.15. The van der Waals surface area contributed by atoms with Gasteiger partial charge in [-0.05, 0) is 32.1 Å². The van der Waals surface area contributed by atoms with Crippen LogP contribution in [0.25, 0.3) is 0 Å². The first-order valence-corrected chi connectivity index (χ1v) is 6.14. The van der Waals surface area contributed by atoms with Crippen LogP contribution in [-0.2, 0) is 19.1 Å². The average molecular weight is 256 g/mol. The molecule has 0 aliphatic carbocycles. The molecule has 1 saturated heterocycles. The van der Waals surface area contributed by atoms with E-state index in [2.05, 4.69) is 4.74 Å². The number of rotatable bonds is 5. The van der Waals surface area contributed by atoms with Gasteiger partial charge in [-0.3, -0.25) is 4.79 Å². The van der Waals surface area contributed by atoms with E-state index >= 15 is 0 Å². The van der Waals surface area contributed by atoms with Crippen molar-refractivity contribution in [3.8, 4) is 0 Å². The van der Waals surface area contributed by atoms with Crippen molar-refractivity contribution in [2.45, 2.75) is 44.8 Å². The van der Waals surface area contributed by atoms with Crippen molar-refractivity contribution in [3.63, 3.8) is 0 Å². The van der Waals surface area contributed by atoms with Gasteiger partial charge < -0.3 is 14.6 Å². The van der Waals surface area contributed by atoms with Gasteiger partial charge in [-0.1, -0.05) is 6.08 Å². The van der Waals surface area contributed by atoms with Crippen LogP contribution in [-0.4, -0.2) is 36.4 Å². The Bertz CT molecular complexity index is 323. The molecule has 0 saturated carbocycles. The highest BCUT2D eigenvalue weighted by Crippen LogP contribution is 2.29. The van der Waals surface area contributed by atoms with E-state index in [0.29, 0.717) is 6.42 Å². The van der Waals surface area contributed by atoms with E-state index in [1.165, 1.54) is 13.2 Å². The van der Waals surface area contributed by atoms with Gasteiger partial charge in [0.15, 0.2) is 0 Å². The molecule has 0 bridgehead atoms. The van der Waals surface area contributed by atoms with Crippen LogP contribution in [0.1, 0.15) is 32.6 Å². The molecule has 0 aromatic rings. The summed E-state index contributed by atoms with van der Waals surface area (Å²) in [5.41, 5.74) is 0. The van der Waals surface area contributed by atoms with Crippen LogP contribution in [0, 0.1) is 5.92 Å². The first kappa shape index (κ1) is 14.7. The number of esters is 1. The molecule has 0 radical (unpaired) electrons. The van der Waals surface area contributed by atoms with Gasteiger partial charge in [0.1, 0.15) is 0 Å². The van der Waals surface area contributed by atoms with Crippen LogP contribution in [0.4, 0.5) is 0 Å². The molecule has 1 rings (SSSR count). The molecular weight excluding hydrogens is 236 g/mol. The predicted molar refractivity (Wildman–Crippen MR) is 65.1 cm³/mol. The predicted octanol–water partition coefficient (Wildman–Crippen LogP) is 1.76. The van der Waals surface area contributed by atoms with E-state index in [0.717, 1.165) is 12.8 Å². The summed E-state index contributed by atoms with van der Waals surface area (Å²) < 4.78 is 10.2. The van der Waals surface area contributed by atoms with Crippen molar-refractivity contribution in [1.82, 2.24) is 0 Å². The van der Waals surface area contributed by atoms with Crippen LogP contribution in [0.5, 0.6) is 0 Å². The van der Waals surface area contributed by atoms with Crippen molar-refractivity contribution in [3.05, 3.63) is 12.2 Å². The molecule has 1 aliphatic rings. The summed E-state index contributed by atoms with van der Waals surface area (Å²) in [6.07, 6.45) is 5.43. The third-order valence-electron chi connectivity index (χ3n) is 3.15. The number of methoxy groups -OCH3 is 1. The highest BCUT2D eigenvalue weighted by molar-refractivity contribution is 5.81. The molecule has 0 spiro atoms. The van der Waals surface area contributed by atoms with E-state index in [9.17, 15) is 9.59 Å². The number of carbonyl (C=O) groups is 2. The van der Waals surface area contributed by atoms with E-state index in [1.807, 2.05) is 6.92 Å². The van der Waals surface area contributed by atoms with Gasteiger partial charge >= 0.3 is 11.9 Å². The van der Waals surface area contributed by atoms with Gasteiger partial charge in [0, 0.05) is 6.08 Å². The number of carbonyl (C=O) groups excluding carboxylic acids is 1. The number of hydrogen-bond acceptors (Lipinski definition) is 4. The first-order valence-electron chi connectivity index (χ1n) is 6.14. The molecule has 0 unspecified atom stereocenters. The Morgan fingerprint density at radius 1 is 1.44 bits per heavy atom. The number of allylic oxidation sites excluding steroid dienone is 1. The summed E-state index contributed by atoms with van der Waals surface area (Å²) in [5.74, 6) is -1.09. The van der Waals surface area contributed by atoms with Gasteiger partial charge in [0.25, 0.3) is 0 Å². The van der Waals surface area contributed by atoms with Crippen LogP contribution >= 0.6 is 0 Å². The monoisotopic (exact) mass is 256 g/mol. The summed E-state index contributed by atoms with van der Waals surface area (Å²) in [6, 6.07) is 0. The quantitative estimate of drug-likeness (QED) is 0.599. The van der Waals surface area contributed by atoms with Crippen molar-refractivity contribution in [1.29, 1.82) is 0 Å². The van der Waals surface area contributed by atoms with Crippen molar-refractivity contribution < 1.29 is 24.2 Å². The standard InChI is InChI=1S/C13H20O5/c1-9-6-7-10(4-3-5-13(16)17-2)11(18-9)8-12(14)15/h3,5,9-11H,4,6-8H2,1-2H3,(H,14,15)/b5-3+/t9-,10-,11+/m0/s1. The Hall–Kier alpha value is -1.36. The molecule has 3 atom stereocenters. The van der Waals surface area contributed by atoms with Crippen molar-refractivity contribution in [2.24, 2.45) is 5.92 Å². The molecule has 1 heterocycles. The molecule has 102 valence electrons. The molecule has 0 aromatic carbocycles. The van der Waals surface area contributed by atoms with Crippen LogP contribution in [0.15, 0.2) is 12.2 Å². The summed E-state index contributed by atoms with van der Waals surface area (Å²) >= 11 is 0. The molecule has 1 N–H and O–H groups in total. The van der Waals surface area contributed by atoms with Gasteiger partial charge in [0.2, 0.25) is 0 Å². The van der Waals surface area contributed by atoms with Crippen molar-refractivity contribution >= 4 is 11.9 Å². The summed E-state index contributed by atoms with van der Waals surface area (Å²) in [5, 5.41) is 8.85. The summed E-state index contributed by atoms with van der Waals surface area (Å²) in [4.78, 5) is 21.7. The lowest BCUT2D eigenvalue weighted by Crippen LogP contribution is -2.35. The summed E-state index contributed by atoms with van der Waals surface area (Å²) in [7, 11) is 1.32. The van der Waals surface area contributed by atoms with Gasteiger partial charge in [-0.2, -0.15) is 0 Å². The highest BCUT2D eigenvalue weighted by atomic mass is 16.5. The number of carboxylic acids is 1. The lowest BCUT2D eigenvalue weighted by atomic mass is 9.87. The van der Waals surface area contributed by atoms with Crippen LogP contribution in [0.2, 0.25) is 0 Å². The molecule has 0 aromatic heterocycles. The minimum Gasteiger partial charge on any atom is -0.481 e. The topological polar surface area (TPSA) is 72.8 Å². The van der Waals surface area contributed by atoms with Gasteiger partial charge in [-0.25, -0.2) is 4.79 Å². The fourth-order valence-electron chi connectivity index (χ4n) is 2.18. The maximum absolute atomic E-state index is 10.9. The maximum atomic E-state index is 10.9. The van der Waals surface area contributed by atoms with E-state index in [1.54, 1.807) is 6.08 Å². The lowest BCUT2D eigenvalue weighted by Gasteiger charge is -2.34. The minimum atomic E-state index is -0.851. The summed E-state index contributed by atoms with van der Waals surface area (Å²) in [6.45, 7) is 1.95. The molecule has 5 nitrogen and oxygen atoms in total.